The minimum Gasteiger partial charge on any atom is -0.497 e. The van der Waals surface area contributed by atoms with E-state index in [9.17, 15) is 9.90 Å². The molecule has 7 heteroatoms. The second kappa shape index (κ2) is 8.08. The highest BCUT2D eigenvalue weighted by molar-refractivity contribution is 6.35. The average molecular weight is 467 g/mol. The summed E-state index contributed by atoms with van der Waals surface area (Å²) in [6.07, 6.45) is -0.305. The lowest BCUT2D eigenvalue weighted by Crippen LogP contribution is -2.35. The molecule has 4 aromatic rings. The number of rotatable bonds is 3. The van der Waals surface area contributed by atoms with E-state index < -0.39 is 6.09 Å². The van der Waals surface area contributed by atoms with Crippen molar-refractivity contribution in [3.63, 3.8) is 0 Å². The van der Waals surface area contributed by atoms with Crippen LogP contribution in [0.2, 0.25) is 10.0 Å². The Balaban J connectivity index is 1.82. The van der Waals surface area contributed by atoms with Gasteiger partial charge in [0.2, 0.25) is 0 Å². The van der Waals surface area contributed by atoms with Crippen LogP contribution in [0, 0.1) is 0 Å². The quantitative estimate of drug-likeness (QED) is 0.367. The number of carboxylic acid groups (broad SMARTS) is 1. The highest BCUT2D eigenvalue weighted by Crippen LogP contribution is 2.43. The van der Waals surface area contributed by atoms with Gasteiger partial charge in [0.05, 0.1) is 19.2 Å². The van der Waals surface area contributed by atoms with E-state index in [2.05, 4.69) is 4.57 Å². The summed E-state index contributed by atoms with van der Waals surface area (Å²) >= 11 is 12.8. The minimum absolute atomic E-state index is 0.309. The van der Waals surface area contributed by atoms with Crippen LogP contribution in [0.3, 0.4) is 0 Å². The number of aromatic nitrogens is 1. The zero-order valence-corrected chi connectivity index (χ0v) is 18.8. The van der Waals surface area contributed by atoms with Crippen molar-refractivity contribution in [2.45, 2.75) is 13.0 Å². The Morgan fingerprint density at radius 3 is 2.38 bits per heavy atom. The van der Waals surface area contributed by atoms with E-state index in [1.165, 1.54) is 4.90 Å². The van der Waals surface area contributed by atoms with Crippen LogP contribution in [0.15, 0.2) is 60.7 Å². The molecule has 0 bridgehead atoms. The molecule has 1 aliphatic heterocycles. The van der Waals surface area contributed by atoms with Crippen molar-refractivity contribution >= 4 is 40.2 Å². The fourth-order valence-corrected chi connectivity index (χ4v) is 4.91. The van der Waals surface area contributed by atoms with E-state index in [4.69, 9.17) is 27.9 Å². The molecule has 5 nitrogen and oxygen atoms in total. The number of amides is 1. The Labute approximate surface area is 195 Å². The van der Waals surface area contributed by atoms with E-state index in [1.54, 1.807) is 7.11 Å². The van der Waals surface area contributed by atoms with Crippen LogP contribution >= 0.6 is 23.2 Å². The molecule has 0 spiro atoms. The Bertz CT molecular complexity index is 1330. The molecule has 0 aliphatic carbocycles. The first-order valence-corrected chi connectivity index (χ1v) is 11.0. The lowest BCUT2D eigenvalue weighted by molar-refractivity contribution is 0.139. The maximum absolute atomic E-state index is 11.8. The van der Waals surface area contributed by atoms with Crippen molar-refractivity contribution in [3.05, 3.63) is 82.0 Å². The fourth-order valence-electron chi connectivity index (χ4n) is 4.51. The molecule has 1 N–H and O–H groups in total. The molecule has 0 saturated carbocycles. The van der Waals surface area contributed by atoms with Crippen LogP contribution in [-0.2, 0) is 13.0 Å². The first-order valence-electron chi connectivity index (χ1n) is 10.2. The maximum atomic E-state index is 11.8. The Kier molecular flexibility index (Phi) is 5.24. The lowest BCUT2D eigenvalue weighted by atomic mass is 9.95. The Hall–Kier alpha value is -3.15. The lowest BCUT2D eigenvalue weighted by Gasteiger charge is -2.26. The van der Waals surface area contributed by atoms with Crippen LogP contribution in [0.5, 0.6) is 5.75 Å². The SMILES string of the molecule is COc1ccc(-n2c3c(c4c(-c5ccc(Cl)cc5)c(Cl)ccc42)CCN(C(=O)O)C3)cc1. The molecule has 5 rings (SSSR count). The molecular weight excluding hydrogens is 447 g/mol. The van der Waals surface area contributed by atoms with Crippen molar-refractivity contribution in [3.8, 4) is 22.6 Å². The highest BCUT2D eigenvalue weighted by Gasteiger charge is 2.29. The third kappa shape index (κ3) is 3.38. The number of methoxy groups -OCH3 is 1. The van der Waals surface area contributed by atoms with Gasteiger partial charge in [-0.3, -0.25) is 0 Å². The third-order valence-electron chi connectivity index (χ3n) is 6.00. The van der Waals surface area contributed by atoms with E-state index in [0.29, 0.717) is 29.6 Å². The van der Waals surface area contributed by atoms with Crippen molar-refractivity contribution < 1.29 is 14.6 Å². The zero-order chi connectivity index (χ0) is 22.4. The van der Waals surface area contributed by atoms with Crippen molar-refractivity contribution in [2.24, 2.45) is 0 Å². The van der Waals surface area contributed by atoms with E-state index in [1.807, 2.05) is 60.7 Å². The van der Waals surface area contributed by atoms with Crippen LogP contribution in [-0.4, -0.2) is 34.3 Å². The molecule has 0 unspecified atom stereocenters. The molecule has 1 amide bonds. The number of hydrogen-bond donors (Lipinski definition) is 1. The number of halogens is 2. The highest BCUT2D eigenvalue weighted by atomic mass is 35.5. The average Bonchev–Trinajstić information content (AvgIpc) is 3.13. The normalized spacial score (nSPS) is 13.3. The van der Waals surface area contributed by atoms with Crippen LogP contribution < -0.4 is 4.74 Å². The number of hydrogen-bond acceptors (Lipinski definition) is 2. The van der Waals surface area contributed by atoms with Gasteiger partial charge in [-0.2, -0.15) is 0 Å². The standard InChI is InChI=1S/C25H20Cl2N2O3/c1-32-18-8-6-17(7-9-18)29-21-11-10-20(27)23(15-2-4-16(26)5-3-15)24(21)19-12-13-28(25(30)31)14-22(19)29/h2-11H,12-14H2,1H3,(H,30,31). The first-order chi connectivity index (χ1) is 15.5. The number of ether oxygens (including phenoxy) is 1. The second-order valence-electron chi connectivity index (χ2n) is 7.74. The largest absolute Gasteiger partial charge is 0.497 e. The summed E-state index contributed by atoms with van der Waals surface area (Å²) in [5.74, 6) is 0.760. The topological polar surface area (TPSA) is 54.7 Å². The van der Waals surface area contributed by atoms with Gasteiger partial charge in [0.15, 0.2) is 0 Å². The van der Waals surface area contributed by atoms with Crippen LogP contribution in [0.4, 0.5) is 4.79 Å². The molecule has 0 saturated heterocycles. The monoisotopic (exact) mass is 466 g/mol. The van der Waals surface area contributed by atoms with E-state index >= 15 is 0 Å². The summed E-state index contributed by atoms with van der Waals surface area (Å²) in [7, 11) is 1.63. The number of fused-ring (bicyclic) bond motifs is 3. The smallest absolute Gasteiger partial charge is 0.407 e. The molecule has 162 valence electrons. The van der Waals surface area contributed by atoms with Crippen molar-refractivity contribution in [1.82, 2.24) is 9.47 Å². The van der Waals surface area contributed by atoms with Gasteiger partial charge < -0.3 is 19.3 Å². The maximum Gasteiger partial charge on any atom is 0.407 e. The molecule has 2 heterocycles. The minimum atomic E-state index is -0.918. The van der Waals surface area contributed by atoms with Gasteiger partial charge in [0.25, 0.3) is 0 Å². The van der Waals surface area contributed by atoms with Crippen molar-refractivity contribution in [1.29, 1.82) is 0 Å². The molecule has 3 aromatic carbocycles. The zero-order valence-electron chi connectivity index (χ0n) is 17.3. The van der Waals surface area contributed by atoms with E-state index in [0.717, 1.165) is 44.7 Å². The fraction of sp³-hybridized carbons (Fsp3) is 0.160. The van der Waals surface area contributed by atoms with Crippen molar-refractivity contribution in [2.75, 3.05) is 13.7 Å². The summed E-state index contributed by atoms with van der Waals surface area (Å²) in [5.41, 5.74) is 5.92. The molecule has 32 heavy (non-hydrogen) atoms. The molecule has 1 aliphatic rings. The van der Waals surface area contributed by atoms with Gasteiger partial charge in [-0.25, -0.2) is 4.79 Å². The second-order valence-corrected chi connectivity index (χ2v) is 8.58. The summed E-state index contributed by atoms with van der Waals surface area (Å²) in [4.78, 5) is 13.2. The Morgan fingerprint density at radius 2 is 1.72 bits per heavy atom. The van der Waals surface area contributed by atoms with Gasteiger partial charge in [-0.1, -0.05) is 35.3 Å². The van der Waals surface area contributed by atoms with Gasteiger partial charge in [0.1, 0.15) is 5.75 Å². The molecule has 0 fully saturated rings. The molecule has 0 atom stereocenters. The summed E-state index contributed by atoms with van der Waals surface area (Å²) in [5, 5.41) is 12.0. The first kappa shape index (κ1) is 20.7. The summed E-state index contributed by atoms with van der Waals surface area (Å²) in [6.45, 7) is 0.750. The predicted octanol–water partition coefficient (Wildman–Crippen LogP) is 6.65. The number of nitrogens with zero attached hydrogens (tertiary/aromatic N) is 2. The van der Waals surface area contributed by atoms with Gasteiger partial charge >= 0.3 is 6.09 Å². The molecular formula is C25H20Cl2N2O3. The van der Waals surface area contributed by atoms with Crippen LogP contribution in [0.25, 0.3) is 27.7 Å². The summed E-state index contributed by atoms with van der Waals surface area (Å²) < 4.78 is 7.45. The number of carbonyl (C=O) groups is 1. The molecule has 1 aromatic heterocycles. The third-order valence-corrected chi connectivity index (χ3v) is 6.57. The molecule has 0 radical (unpaired) electrons. The number of benzene rings is 3. The van der Waals surface area contributed by atoms with Gasteiger partial charge in [-0.05, 0) is 66.1 Å². The summed E-state index contributed by atoms with van der Waals surface area (Å²) in [6, 6.07) is 19.3. The predicted molar refractivity (Wildman–Crippen MR) is 127 cm³/mol. The van der Waals surface area contributed by atoms with Gasteiger partial charge in [-0.15, -0.1) is 0 Å². The van der Waals surface area contributed by atoms with Gasteiger partial charge in [0, 0.05) is 38.9 Å². The Morgan fingerprint density at radius 1 is 1.00 bits per heavy atom. The van der Waals surface area contributed by atoms with E-state index in [-0.39, 0.29) is 0 Å². The van der Waals surface area contributed by atoms with Crippen LogP contribution in [0.1, 0.15) is 11.3 Å².